The van der Waals surface area contributed by atoms with Crippen LogP contribution >= 0.6 is 0 Å². The van der Waals surface area contributed by atoms with Crippen molar-refractivity contribution < 1.29 is 19.4 Å². The molecule has 1 aromatic heterocycles. The fourth-order valence-electron chi connectivity index (χ4n) is 2.64. The van der Waals surface area contributed by atoms with Gasteiger partial charge in [0, 0.05) is 11.3 Å². The molecular weight excluding hydrogens is 350 g/mol. The second-order valence-corrected chi connectivity index (χ2v) is 5.87. The van der Waals surface area contributed by atoms with E-state index in [1.54, 1.807) is 6.07 Å². The molecule has 1 amide bonds. The average molecular weight is 373 g/mol. The Hall–Kier alpha value is -3.16. The van der Waals surface area contributed by atoms with E-state index in [1.165, 1.54) is 12.1 Å². The molecule has 144 valence electrons. The summed E-state index contributed by atoms with van der Waals surface area (Å²) in [6.07, 6.45) is 1.95. The van der Waals surface area contributed by atoms with E-state index in [9.17, 15) is 14.4 Å². The van der Waals surface area contributed by atoms with Crippen molar-refractivity contribution in [3.8, 4) is 17.1 Å². The number of rotatable bonds is 7. The molecule has 27 heavy (non-hydrogen) atoms. The summed E-state index contributed by atoms with van der Waals surface area (Å²) in [5, 5.41) is 11.1. The van der Waals surface area contributed by atoms with Gasteiger partial charge in [0.05, 0.1) is 17.9 Å². The first-order valence-electron chi connectivity index (χ1n) is 8.84. The molecule has 0 aliphatic rings. The van der Waals surface area contributed by atoms with Gasteiger partial charge >= 0.3 is 11.9 Å². The summed E-state index contributed by atoms with van der Waals surface area (Å²) in [7, 11) is 0. The van der Waals surface area contributed by atoms with Gasteiger partial charge in [0.25, 0.3) is 5.56 Å². The molecule has 1 heterocycles. The van der Waals surface area contributed by atoms with E-state index >= 15 is 0 Å². The van der Waals surface area contributed by atoms with E-state index in [-0.39, 0.29) is 11.2 Å². The molecule has 8 nitrogen and oxygen atoms in total. The van der Waals surface area contributed by atoms with Gasteiger partial charge in [-0.1, -0.05) is 20.8 Å². The maximum absolute atomic E-state index is 12.4. The van der Waals surface area contributed by atoms with Crippen LogP contribution in [0.3, 0.4) is 0 Å². The zero-order valence-electron chi connectivity index (χ0n) is 15.6. The quantitative estimate of drug-likeness (QED) is 0.641. The number of ether oxygens (including phenoxy) is 1. The van der Waals surface area contributed by atoms with Crippen molar-refractivity contribution in [2.24, 2.45) is 0 Å². The molecule has 8 heteroatoms. The Labute approximate surface area is 156 Å². The number of H-pyrrole nitrogens is 1. The number of hydrogen-bond acceptors (Lipinski definition) is 5. The van der Waals surface area contributed by atoms with Crippen LogP contribution in [0.25, 0.3) is 11.4 Å². The smallest absolute Gasteiger partial charge is 0.394 e. The zero-order valence-corrected chi connectivity index (χ0v) is 15.6. The number of aliphatic carboxylic acids is 1. The molecule has 0 aliphatic heterocycles. The third-order valence-electron chi connectivity index (χ3n) is 3.94. The predicted molar refractivity (Wildman–Crippen MR) is 101 cm³/mol. The maximum atomic E-state index is 12.4. The number of aromatic amines is 1. The van der Waals surface area contributed by atoms with Gasteiger partial charge in [-0.25, -0.2) is 9.78 Å². The molecule has 0 bridgehead atoms. The number of carbonyl (C=O) groups is 2. The Morgan fingerprint density at radius 1 is 1.22 bits per heavy atom. The fraction of sp³-hybridized carbons (Fsp3) is 0.368. The molecule has 0 spiro atoms. The van der Waals surface area contributed by atoms with Gasteiger partial charge in [-0.3, -0.25) is 9.59 Å². The Bertz CT molecular complexity index is 905. The average Bonchev–Trinajstić information content (AvgIpc) is 2.65. The number of nitrogens with zero attached hydrogens (tertiary/aromatic N) is 1. The first kappa shape index (κ1) is 20.2. The molecule has 0 fully saturated rings. The molecule has 0 unspecified atom stereocenters. The Morgan fingerprint density at radius 2 is 1.96 bits per heavy atom. The van der Waals surface area contributed by atoms with Gasteiger partial charge < -0.3 is 20.1 Å². The highest BCUT2D eigenvalue weighted by Crippen LogP contribution is 2.31. The first-order chi connectivity index (χ1) is 12.9. The van der Waals surface area contributed by atoms with Crippen molar-refractivity contribution in [3.63, 3.8) is 0 Å². The lowest BCUT2D eigenvalue weighted by molar-refractivity contribution is -0.147. The molecule has 2 aromatic rings. The number of anilines is 1. The van der Waals surface area contributed by atoms with Crippen molar-refractivity contribution >= 4 is 17.6 Å². The van der Waals surface area contributed by atoms with Crippen molar-refractivity contribution in [2.45, 2.75) is 40.0 Å². The first-order valence-corrected chi connectivity index (χ1v) is 8.84. The molecule has 2 rings (SSSR count). The van der Waals surface area contributed by atoms with Crippen LogP contribution in [0.1, 0.15) is 38.4 Å². The van der Waals surface area contributed by atoms with E-state index in [4.69, 9.17) is 9.84 Å². The third kappa shape index (κ3) is 4.72. The number of benzene rings is 1. The van der Waals surface area contributed by atoms with E-state index in [0.29, 0.717) is 47.8 Å². The molecule has 0 saturated heterocycles. The highest BCUT2D eigenvalue weighted by Gasteiger charge is 2.17. The Kier molecular flexibility index (Phi) is 6.70. The van der Waals surface area contributed by atoms with Crippen molar-refractivity contribution in [2.75, 3.05) is 11.9 Å². The summed E-state index contributed by atoms with van der Waals surface area (Å²) in [5.74, 6) is -1.94. The lowest BCUT2D eigenvalue weighted by Crippen LogP contribution is -2.22. The summed E-state index contributed by atoms with van der Waals surface area (Å²) in [6, 6.07) is 4.69. The van der Waals surface area contributed by atoms with Crippen molar-refractivity contribution in [1.82, 2.24) is 9.97 Å². The lowest BCUT2D eigenvalue weighted by atomic mass is 10.1. The normalized spacial score (nSPS) is 10.5. The second-order valence-electron chi connectivity index (χ2n) is 5.87. The van der Waals surface area contributed by atoms with Gasteiger partial charge in [0.15, 0.2) is 0 Å². The minimum Gasteiger partial charge on any atom is -0.493 e. The number of nitrogens with one attached hydrogen (secondary N) is 2. The summed E-state index contributed by atoms with van der Waals surface area (Å²) >= 11 is 0. The minimum atomic E-state index is -1.59. The summed E-state index contributed by atoms with van der Waals surface area (Å²) < 4.78 is 5.73. The molecule has 0 atom stereocenters. The highest BCUT2D eigenvalue weighted by molar-refractivity contribution is 6.36. The SMILES string of the molecule is CCCOc1ccc(NC(=O)C(=O)O)cc1-c1nc(CC)c(CC)c(=O)[nH]1. The minimum absolute atomic E-state index is 0.222. The van der Waals surface area contributed by atoms with E-state index in [1.807, 2.05) is 20.8 Å². The van der Waals surface area contributed by atoms with Gasteiger partial charge in [-0.15, -0.1) is 0 Å². The molecular formula is C19H23N3O5. The largest absolute Gasteiger partial charge is 0.493 e. The Balaban J connectivity index is 2.57. The summed E-state index contributed by atoms with van der Waals surface area (Å²) in [4.78, 5) is 41.9. The van der Waals surface area contributed by atoms with Gasteiger partial charge in [0.2, 0.25) is 0 Å². The number of aryl methyl sites for hydroxylation is 1. The topological polar surface area (TPSA) is 121 Å². The number of carboxylic acids is 1. The highest BCUT2D eigenvalue weighted by atomic mass is 16.5. The number of carboxylic acid groups (broad SMARTS) is 1. The fourth-order valence-corrected chi connectivity index (χ4v) is 2.64. The van der Waals surface area contributed by atoms with E-state index in [2.05, 4.69) is 15.3 Å². The zero-order chi connectivity index (χ0) is 20.0. The van der Waals surface area contributed by atoms with Crippen LogP contribution in [-0.2, 0) is 22.4 Å². The molecule has 3 N–H and O–H groups in total. The van der Waals surface area contributed by atoms with E-state index in [0.717, 1.165) is 6.42 Å². The van der Waals surface area contributed by atoms with Crippen LogP contribution in [0, 0.1) is 0 Å². The monoisotopic (exact) mass is 373 g/mol. The van der Waals surface area contributed by atoms with Crippen LogP contribution in [0.5, 0.6) is 5.75 Å². The van der Waals surface area contributed by atoms with Gasteiger partial charge in [-0.05, 0) is 37.5 Å². The second kappa shape index (κ2) is 8.98. The predicted octanol–water partition coefficient (Wildman–Crippen LogP) is 2.37. The molecule has 0 aliphatic carbocycles. The number of hydrogen-bond donors (Lipinski definition) is 3. The van der Waals surface area contributed by atoms with Crippen LogP contribution in [0.2, 0.25) is 0 Å². The van der Waals surface area contributed by atoms with Gasteiger partial charge in [0.1, 0.15) is 11.6 Å². The summed E-state index contributed by atoms with van der Waals surface area (Å²) in [5.41, 5.74) is 1.84. The standard InChI is InChI=1S/C19H23N3O5/c1-4-9-27-15-8-7-11(20-18(24)19(25)26)10-13(15)16-21-14(6-3)12(5-2)17(23)22-16/h7-8,10H,4-6,9H2,1-3H3,(H,20,24)(H,25,26)(H,21,22,23). The maximum Gasteiger partial charge on any atom is 0.394 e. The van der Waals surface area contributed by atoms with Gasteiger partial charge in [-0.2, -0.15) is 0 Å². The molecule has 0 radical (unpaired) electrons. The van der Waals surface area contributed by atoms with Crippen molar-refractivity contribution in [1.29, 1.82) is 0 Å². The summed E-state index contributed by atoms with van der Waals surface area (Å²) in [6.45, 7) is 6.24. The number of aromatic nitrogens is 2. The Morgan fingerprint density at radius 3 is 2.56 bits per heavy atom. The van der Waals surface area contributed by atoms with Crippen molar-refractivity contribution in [3.05, 3.63) is 39.8 Å². The van der Waals surface area contributed by atoms with E-state index < -0.39 is 11.9 Å². The lowest BCUT2D eigenvalue weighted by Gasteiger charge is -2.14. The van der Waals surface area contributed by atoms with Crippen LogP contribution < -0.4 is 15.6 Å². The third-order valence-corrected chi connectivity index (χ3v) is 3.94. The van der Waals surface area contributed by atoms with Crippen LogP contribution in [-0.4, -0.2) is 33.6 Å². The molecule has 1 aromatic carbocycles. The van der Waals surface area contributed by atoms with Crippen LogP contribution in [0.4, 0.5) is 5.69 Å². The van der Waals surface area contributed by atoms with Crippen LogP contribution in [0.15, 0.2) is 23.0 Å². The number of amides is 1. The molecule has 0 saturated carbocycles. The number of carbonyl (C=O) groups excluding carboxylic acids is 1.